The van der Waals surface area contributed by atoms with Gasteiger partial charge in [-0.25, -0.2) is 9.78 Å². The number of pyridine rings is 1. The number of carbonyl (C=O) groups is 1. The van der Waals surface area contributed by atoms with Crippen LogP contribution in [0.5, 0.6) is 0 Å². The second kappa shape index (κ2) is 7.08. The normalized spacial score (nSPS) is 13.6. The summed E-state index contributed by atoms with van der Waals surface area (Å²) in [6.07, 6.45) is 3.09. The Morgan fingerprint density at radius 3 is 2.89 bits per heavy atom. The Kier molecular flexibility index (Phi) is 5.75. The van der Waals surface area contributed by atoms with Gasteiger partial charge in [0.05, 0.1) is 18.5 Å². The third kappa shape index (κ3) is 4.51. The van der Waals surface area contributed by atoms with E-state index in [2.05, 4.69) is 10.3 Å². The van der Waals surface area contributed by atoms with Crippen LogP contribution in [0.4, 0.5) is 11.5 Å². The molecule has 106 valence electrons. The first-order chi connectivity index (χ1) is 8.95. The number of esters is 1. The lowest BCUT2D eigenvalue weighted by Gasteiger charge is -2.13. The molecule has 0 fully saturated rings. The number of aromatic nitrogens is 1. The maximum Gasteiger partial charge on any atom is 0.341 e. The van der Waals surface area contributed by atoms with Gasteiger partial charge in [-0.2, -0.15) is 0 Å². The molecule has 0 saturated heterocycles. The van der Waals surface area contributed by atoms with Crippen molar-refractivity contribution >= 4 is 28.3 Å². The molecule has 0 aliphatic rings. The Morgan fingerprint density at radius 1 is 1.63 bits per heavy atom. The number of rotatable bonds is 6. The third-order valence-corrected chi connectivity index (χ3v) is 3.83. The maximum atomic E-state index is 11.8. The van der Waals surface area contributed by atoms with Crippen molar-refractivity contribution in [1.29, 1.82) is 0 Å². The first-order valence-corrected chi connectivity index (χ1v) is 7.56. The van der Waals surface area contributed by atoms with Crippen LogP contribution in [0.3, 0.4) is 0 Å². The number of nitrogens with one attached hydrogen (secondary N) is 1. The van der Waals surface area contributed by atoms with Gasteiger partial charge in [0, 0.05) is 28.9 Å². The Balaban J connectivity index is 2.87. The van der Waals surface area contributed by atoms with Gasteiger partial charge < -0.3 is 15.8 Å². The van der Waals surface area contributed by atoms with Crippen molar-refractivity contribution in [3.8, 4) is 0 Å². The van der Waals surface area contributed by atoms with Crippen LogP contribution in [-0.4, -0.2) is 39.8 Å². The zero-order valence-corrected chi connectivity index (χ0v) is 12.1. The fourth-order valence-electron chi connectivity index (χ4n) is 1.34. The molecular weight excluding hydrogens is 266 g/mol. The van der Waals surface area contributed by atoms with Crippen molar-refractivity contribution < 1.29 is 13.7 Å². The fraction of sp³-hybridized carbons (Fsp3) is 0.500. The standard InChI is InChI=1S/C12H19N3O3S/c1-4-18-12(16)10-5-9(13)7-15-11(10)14-6-8(2)19(3)17/h5,7-8H,4,6,13H2,1-3H3,(H,14,15). The summed E-state index contributed by atoms with van der Waals surface area (Å²) in [5.41, 5.74) is 6.30. The van der Waals surface area contributed by atoms with Crippen LogP contribution in [0.1, 0.15) is 24.2 Å². The summed E-state index contributed by atoms with van der Waals surface area (Å²) >= 11 is 0. The Bertz CT molecular complexity index is 479. The molecule has 1 rings (SSSR count). The highest BCUT2D eigenvalue weighted by Gasteiger charge is 2.15. The molecule has 0 amide bonds. The predicted octanol–water partition coefficient (Wildman–Crippen LogP) is 1.02. The molecule has 0 aromatic carbocycles. The highest BCUT2D eigenvalue weighted by atomic mass is 32.2. The van der Waals surface area contributed by atoms with Crippen LogP contribution in [0.2, 0.25) is 0 Å². The number of nitrogens with zero attached hydrogens (tertiary/aromatic N) is 1. The van der Waals surface area contributed by atoms with E-state index in [1.807, 2.05) is 6.92 Å². The second-order valence-corrected chi connectivity index (χ2v) is 5.88. The number of nitrogens with two attached hydrogens (primary N) is 1. The molecule has 0 spiro atoms. The van der Waals surface area contributed by atoms with Gasteiger partial charge >= 0.3 is 5.97 Å². The summed E-state index contributed by atoms with van der Waals surface area (Å²) < 4.78 is 16.2. The van der Waals surface area contributed by atoms with E-state index in [0.717, 1.165) is 0 Å². The average Bonchev–Trinajstić information content (AvgIpc) is 2.36. The molecule has 7 heteroatoms. The molecule has 0 radical (unpaired) electrons. The average molecular weight is 285 g/mol. The van der Waals surface area contributed by atoms with Crippen LogP contribution >= 0.6 is 0 Å². The van der Waals surface area contributed by atoms with Crippen molar-refractivity contribution in [2.24, 2.45) is 0 Å². The van der Waals surface area contributed by atoms with Gasteiger partial charge in [0.1, 0.15) is 11.4 Å². The number of ether oxygens (including phenoxy) is 1. The summed E-state index contributed by atoms with van der Waals surface area (Å²) in [5, 5.41) is 2.95. The summed E-state index contributed by atoms with van der Waals surface area (Å²) in [6, 6.07) is 1.51. The molecule has 19 heavy (non-hydrogen) atoms. The smallest absolute Gasteiger partial charge is 0.341 e. The van der Waals surface area contributed by atoms with E-state index >= 15 is 0 Å². The van der Waals surface area contributed by atoms with Crippen molar-refractivity contribution in [1.82, 2.24) is 4.98 Å². The van der Waals surface area contributed by atoms with Crippen molar-refractivity contribution in [3.05, 3.63) is 17.8 Å². The Morgan fingerprint density at radius 2 is 2.32 bits per heavy atom. The second-order valence-electron chi connectivity index (χ2n) is 4.08. The van der Waals surface area contributed by atoms with E-state index in [-0.39, 0.29) is 17.4 Å². The minimum Gasteiger partial charge on any atom is -0.462 e. The van der Waals surface area contributed by atoms with E-state index in [4.69, 9.17) is 10.5 Å². The quantitative estimate of drug-likeness (QED) is 0.758. The van der Waals surface area contributed by atoms with Gasteiger partial charge in [0.2, 0.25) is 0 Å². The van der Waals surface area contributed by atoms with E-state index in [9.17, 15) is 9.00 Å². The summed E-state index contributed by atoms with van der Waals surface area (Å²) in [7, 11) is -0.940. The maximum absolute atomic E-state index is 11.8. The molecule has 2 unspecified atom stereocenters. The monoisotopic (exact) mass is 285 g/mol. The number of carbonyl (C=O) groups excluding carboxylic acids is 1. The zero-order chi connectivity index (χ0) is 14.4. The lowest BCUT2D eigenvalue weighted by Crippen LogP contribution is -2.22. The first-order valence-electron chi connectivity index (χ1n) is 5.94. The molecule has 1 heterocycles. The highest BCUT2D eigenvalue weighted by molar-refractivity contribution is 7.84. The SMILES string of the molecule is CCOC(=O)c1cc(N)cnc1NCC(C)S(C)=O. The summed E-state index contributed by atoms with van der Waals surface area (Å²) in [4.78, 5) is 15.9. The number of anilines is 2. The van der Waals surface area contributed by atoms with Crippen molar-refractivity contribution in [2.75, 3.05) is 30.5 Å². The van der Waals surface area contributed by atoms with Crippen LogP contribution in [0.15, 0.2) is 12.3 Å². The lowest BCUT2D eigenvalue weighted by molar-refractivity contribution is 0.0527. The first kappa shape index (κ1) is 15.4. The third-order valence-electron chi connectivity index (χ3n) is 2.53. The van der Waals surface area contributed by atoms with Gasteiger partial charge in [-0.15, -0.1) is 0 Å². The van der Waals surface area contributed by atoms with E-state index < -0.39 is 16.8 Å². The number of hydrogen-bond donors (Lipinski definition) is 2. The minimum atomic E-state index is -0.940. The van der Waals surface area contributed by atoms with E-state index in [0.29, 0.717) is 18.1 Å². The predicted molar refractivity (Wildman–Crippen MR) is 76.6 cm³/mol. The zero-order valence-electron chi connectivity index (χ0n) is 11.3. The van der Waals surface area contributed by atoms with Crippen LogP contribution < -0.4 is 11.1 Å². The topological polar surface area (TPSA) is 94.3 Å². The fourth-order valence-corrected chi connectivity index (χ4v) is 1.66. The molecule has 6 nitrogen and oxygen atoms in total. The Hall–Kier alpha value is -1.63. The minimum absolute atomic E-state index is 0.0469. The van der Waals surface area contributed by atoms with Gasteiger partial charge in [-0.1, -0.05) is 0 Å². The van der Waals surface area contributed by atoms with Crippen LogP contribution in [0, 0.1) is 0 Å². The molecule has 1 aromatic rings. The molecule has 1 aromatic heterocycles. The van der Waals surface area contributed by atoms with Crippen molar-refractivity contribution in [2.45, 2.75) is 19.1 Å². The van der Waals surface area contributed by atoms with Crippen molar-refractivity contribution in [3.63, 3.8) is 0 Å². The van der Waals surface area contributed by atoms with Gasteiger partial charge in [-0.05, 0) is 19.9 Å². The molecule has 0 saturated carbocycles. The lowest BCUT2D eigenvalue weighted by atomic mass is 10.2. The summed E-state index contributed by atoms with van der Waals surface area (Å²) in [6.45, 7) is 4.31. The molecule has 0 bridgehead atoms. The molecule has 0 aliphatic carbocycles. The molecule has 0 aliphatic heterocycles. The van der Waals surface area contributed by atoms with Gasteiger partial charge in [0.25, 0.3) is 0 Å². The van der Waals surface area contributed by atoms with Gasteiger partial charge in [-0.3, -0.25) is 4.21 Å². The largest absolute Gasteiger partial charge is 0.462 e. The van der Waals surface area contributed by atoms with E-state index in [1.54, 1.807) is 13.2 Å². The van der Waals surface area contributed by atoms with Crippen LogP contribution in [0.25, 0.3) is 0 Å². The molecular formula is C12H19N3O3S. The number of hydrogen-bond acceptors (Lipinski definition) is 6. The van der Waals surface area contributed by atoms with Gasteiger partial charge in [0.15, 0.2) is 0 Å². The molecule has 3 N–H and O–H groups in total. The van der Waals surface area contributed by atoms with E-state index in [1.165, 1.54) is 12.3 Å². The molecule has 2 atom stereocenters. The van der Waals surface area contributed by atoms with Crippen LogP contribution in [-0.2, 0) is 15.5 Å². The highest BCUT2D eigenvalue weighted by Crippen LogP contribution is 2.17. The Labute approximate surface area is 115 Å². The number of nitrogen functional groups attached to an aromatic ring is 1. The summed E-state index contributed by atoms with van der Waals surface area (Å²) in [5.74, 6) is -0.0833.